The van der Waals surface area contributed by atoms with Gasteiger partial charge >= 0.3 is 6.36 Å². The fourth-order valence-corrected chi connectivity index (χ4v) is 1.44. The third-order valence-electron chi connectivity index (χ3n) is 2.33. The fourth-order valence-electron chi connectivity index (χ4n) is 1.44. The van der Waals surface area contributed by atoms with Crippen molar-refractivity contribution >= 4 is 24.0 Å². The predicted molar refractivity (Wildman–Crippen MR) is 72.1 cm³/mol. The Bertz CT molecular complexity index is 441. The molecule has 0 bridgehead atoms. The Labute approximate surface area is 121 Å². The number of hydrogen-bond acceptors (Lipinski definition) is 3. The third-order valence-corrected chi connectivity index (χ3v) is 2.33. The van der Waals surface area contributed by atoms with Crippen molar-refractivity contribution in [1.82, 2.24) is 5.32 Å². The molecule has 1 atom stereocenters. The maximum absolute atomic E-state index is 12.2. The minimum absolute atomic E-state index is 0. The molecule has 0 aliphatic heterocycles. The highest BCUT2D eigenvalue weighted by Gasteiger charge is 2.32. The maximum Gasteiger partial charge on any atom is 0.573 e. The van der Waals surface area contributed by atoms with Crippen molar-refractivity contribution in [3.8, 4) is 5.75 Å². The summed E-state index contributed by atoms with van der Waals surface area (Å²) in [6.45, 7) is 2.09. The molecule has 0 aliphatic rings. The summed E-state index contributed by atoms with van der Waals surface area (Å²) in [6.07, 6.45) is -4.79. The molecule has 1 unspecified atom stereocenters. The lowest BCUT2D eigenvalue weighted by Gasteiger charge is -2.16. The second-order valence-corrected chi connectivity index (χ2v) is 3.99. The van der Waals surface area contributed by atoms with E-state index in [1.807, 2.05) is 0 Å². The average molecular weight is 313 g/mol. The Morgan fingerprint density at radius 2 is 1.95 bits per heavy atom. The molecular weight excluding hydrogens is 297 g/mol. The number of ether oxygens (including phenoxy) is 1. The number of anilines is 1. The first-order chi connectivity index (χ1) is 8.83. The van der Waals surface area contributed by atoms with Gasteiger partial charge < -0.3 is 15.4 Å². The summed E-state index contributed by atoms with van der Waals surface area (Å²) in [5.41, 5.74) is -0.00669. The molecule has 0 aliphatic carbocycles. The first-order valence-electron chi connectivity index (χ1n) is 5.63. The van der Waals surface area contributed by atoms with E-state index in [9.17, 15) is 18.0 Å². The largest absolute Gasteiger partial charge is 0.573 e. The van der Waals surface area contributed by atoms with Crippen LogP contribution < -0.4 is 15.4 Å². The molecule has 20 heavy (non-hydrogen) atoms. The Kier molecular flexibility index (Phi) is 7.38. The zero-order valence-electron chi connectivity index (χ0n) is 11.0. The summed E-state index contributed by atoms with van der Waals surface area (Å²) in [6, 6.07) is 5.41. The van der Waals surface area contributed by atoms with E-state index in [4.69, 9.17) is 0 Å². The standard InChI is InChI=1S/C12H15F3N2O2.ClH/c1-8(7-16-2)11(18)17-9-5-3-4-6-10(9)19-12(13,14)15;/h3-6,8,16H,7H2,1-2H3,(H,17,18);1H. The molecule has 0 spiro atoms. The van der Waals surface area contributed by atoms with Crippen LogP contribution in [-0.2, 0) is 4.79 Å². The van der Waals surface area contributed by atoms with Gasteiger partial charge in [0.15, 0.2) is 5.75 Å². The molecule has 0 heterocycles. The van der Waals surface area contributed by atoms with Gasteiger partial charge in [-0.15, -0.1) is 25.6 Å². The minimum atomic E-state index is -4.79. The molecule has 0 radical (unpaired) electrons. The van der Waals surface area contributed by atoms with Crippen molar-refractivity contribution in [1.29, 1.82) is 0 Å². The molecule has 1 rings (SSSR count). The molecule has 0 saturated carbocycles. The quantitative estimate of drug-likeness (QED) is 0.879. The van der Waals surface area contributed by atoms with Crippen LogP contribution in [0.2, 0.25) is 0 Å². The van der Waals surface area contributed by atoms with Gasteiger partial charge in [-0.2, -0.15) is 0 Å². The first-order valence-corrected chi connectivity index (χ1v) is 5.63. The van der Waals surface area contributed by atoms with Crippen molar-refractivity contribution in [3.63, 3.8) is 0 Å². The molecular formula is C12H16ClF3N2O2. The number of rotatable bonds is 5. The monoisotopic (exact) mass is 312 g/mol. The highest BCUT2D eigenvalue weighted by atomic mass is 35.5. The highest BCUT2D eigenvalue weighted by Crippen LogP contribution is 2.30. The SMILES string of the molecule is CNCC(C)C(=O)Nc1ccccc1OC(F)(F)F.Cl. The Hall–Kier alpha value is -1.47. The molecule has 0 fully saturated rings. The molecule has 0 aromatic heterocycles. The predicted octanol–water partition coefficient (Wildman–Crippen LogP) is 2.80. The van der Waals surface area contributed by atoms with Gasteiger partial charge in [-0.1, -0.05) is 19.1 Å². The van der Waals surface area contributed by atoms with Gasteiger partial charge in [0, 0.05) is 12.5 Å². The van der Waals surface area contributed by atoms with Gasteiger partial charge in [-0.05, 0) is 19.2 Å². The normalized spacial score (nSPS) is 12.2. The van der Waals surface area contributed by atoms with E-state index in [0.29, 0.717) is 6.54 Å². The number of carbonyl (C=O) groups excluding carboxylic acids is 1. The van der Waals surface area contributed by atoms with Crippen molar-refractivity contribution in [2.24, 2.45) is 5.92 Å². The van der Waals surface area contributed by atoms with Gasteiger partial charge in [0.25, 0.3) is 0 Å². The van der Waals surface area contributed by atoms with E-state index < -0.39 is 12.1 Å². The van der Waals surface area contributed by atoms with Gasteiger partial charge in [-0.3, -0.25) is 4.79 Å². The van der Waals surface area contributed by atoms with Crippen LogP contribution in [0.1, 0.15) is 6.92 Å². The van der Waals surface area contributed by atoms with Crippen molar-refractivity contribution in [2.45, 2.75) is 13.3 Å². The van der Waals surface area contributed by atoms with Crippen LogP contribution in [0, 0.1) is 5.92 Å². The summed E-state index contributed by atoms with van der Waals surface area (Å²) in [4.78, 5) is 11.7. The lowest BCUT2D eigenvalue weighted by molar-refractivity contribution is -0.274. The summed E-state index contributed by atoms with van der Waals surface area (Å²) in [5.74, 6) is -1.18. The lowest BCUT2D eigenvalue weighted by atomic mass is 10.1. The van der Waals surface area contributed by atoms with Crippen LogP contribution in [0.25, 0.3) is 0 Å². The highest BCUT2D eigenvalue weighted by molar-refractivity contribution is 5.93. The molecule has 8 heteroatoms. The maximum atomic E-state index is 12.2. The first kappa shape index (κ1) is 18.5. The lowest BCUT2D eigenvalue weighted by Crippen LogP contribution is -2.29. The van der Waals surface area contributed by atoms with Crippen LogP contribution in [0.4, 0.5) is 18.9 Å². The average Bonchev–Trinajstić information content (AvgIpc) is 2.30. The number of hydrogen-bond donors (Lipinski definition) is 2. The smallest absolute Gasteiger partial charge is 0.404 e. The number of alkyl halides is 3. The number of halogens is 4. The van der Waals surface area contributed by atoms with Crippen LogP contribution in [0.5, 0.6) is 5.75 Å². The van der Waals surface area contributed by atoms with Gasteiger partial charge in [0.1, 0.15) is 0 Å². The van der Waals surface area contributed by atoms with Crippen LogP contribution in [0.15, 0.2) is 24.3 Å². The summed E-state index contributed by atoms with van der Waals surface area (Å²) >= 11 is 0. The van der Waals surface area contributed by atoms with E-state index in [1.165, 1.54) is 18.2 Å². The van der Waals surface area contributed by atoms with Crippen molar-refractivity contribution < 1.29 is 22.7 Å². The number of amides is 1. The summed E-state index contributed by atoms with van der Waals surface area (Å²) < 4.78 is 40.4. The minimum Gasteiger partial charge on any atom is -0.404 e. The number of nitrogens with one attached hydrogen (secondary N) is 2. The van der Waals surface area contributed by atoms with Crippen LogP contribution in [0.3, 0.4) is 0 Å². The van der Waals surface area contributed by atoms with Gasteiger partial charge in [0.2, 0.25) is 5.91 Å². The summed E-state index contributed by atoms with van der Waals surface area (Å²) in [5, 5.41) is 5.23. The Balaban J connectivity index is 0.00000361. The van der Waals surface area contributed by atoms with Gasteiger partial charge in [-0.25, -0.2) is 0 Å². The molecule has 4 nitrogen and oxygen atoms in total. The van der Waals surface area contributed by atoms with E-state index in [1.54, 1.807) is 14.0 Å². The fraction of sp³-hybridized carbons (Fsp3) is 0.417. The Morgan fingerprint density at radius 3 is 2.50 bits per heavy atom. The van der Waals surface area contributed by atoms with E-state index in [0.717, 1.165) is 6.07 Å². The van der Waals surface area contributed by atoms with Crippen LogP contribution >= 0.6 is 12.4 Å². The Morgan fingerprint density at radius 1 is 1.35 bits per heavy atom. The van der Waals surface area contributed by atoms with E-state index in [2.05, 4.69) is 15.4 Å². The number of benzene rings is 1. The molecule has 1 aromatic rings. The van der Waals surface area contributed by atoms with Crippen molar-refractivity contribution in [3.05, 3.63) is 24.3 Å². The molecule has 0 saturated heterocycles. The third kappa shape index (κ3) is 6.12. The van der Waals surface area contributed by atoms with Crippen molar-refractivity contribution in [2.75, 3.05) is 18.9 Å². The number of carbonyl (C=O) groups is 1. The molecule has 1 amide bonds. The second kappa shape index (κ2) is 7.96. The van der Waals surface area contributed by atoms with Gasteiger partial charge in [0.05, 0.1) is 5.69 Å². The second-order valence-electron chi connectivity index (χ2n) is 3.99. The van der Waals surface area contributed by atoms with E-state index in [-0.39, 0.29) is 29.9 Å². The zero-order chi connectivity index (χ0) is 14.5. The van der Waals surface area contributed by atoms with E-state index >= 15 is 0 Å². The van der Waals surface area contributed by atoms with Crippen LogP contribution in [-0.4, -0.2) is 25.9 Å². The topological polar surface area (TPSA) is 50.4 Å². The number of para-hydroxylation sites is 2. The molecule has 1 aromatic carbocycles. The molecule has 2 N–H and O–H groups in total. The molecule has 114 valence electrons. The zero-order valence-corrected chi connectivity index (χ0v) is 11.8. The summed E-state index contributed by atoms with van der Waals surface area (Å²) in [7, 11) is 1.69.